The van der Waals surface area contributed by atoms with E-state index in [1.807, 2.05) is 48.9 Å². The van der Waals surface area contributed by atoms with E-state index < -0.39 is 17.7 Å². The lowest BCUT2D eigenvalue weighted by Crippen LogP contribution is -2.35. The van der Waals surface area contributed by atoms with E-state index in [2.05, 4.69) is 10.4 Å². The molecule has 134 valence electrons. The standard InChI is InChI=1S/C19H25N3O3/c1-13-17(16(12-23)20-18(24)25-19(3,4)5)14(2)22(21-13)11-15-9-7-6-8-10-15/h6-10,12,16H,11H2,1-5H3,(H,20,24). The maximum atomic E-state index is 12.0. The molecule has 0 saturated heterocycles. The third kappa shape index (κ3) is 4.92. The van der Waals surface area contributed by atoms with Crippen LogP contribution in [0.15, 0.2) is 30.3 Å². The van der Waals surface area contributed by atoms with E-state index in [1.54, 1.807) is 20.8 Å². The van der Waals surface area contributed by atoms with Gasteiger partial charge in [0.2, 0.25) is 0 Å². The molecule has 1 atom stereocenters. The van der Waals surface area contributed by atoms with Crippen LogP contribution in [0.25, 0.3) is 0 Å². The fourth-order valence-electron chi connectivity index (χ4n) is 2.68. The van der Waals surface area contributed by atoms with E-state index in [-0.39, 0.29) is 0 Å². The third-order valence-corrected chi connectivity index (χ3v) is 3.73. The quantitative estimate of drug-likeness (QED) is 0.845. The highest BCUT2D eigenvalue weighted by atomic mass is 16.6. The predicted octanol–water partition coefficient (Wildman–Crippen LogP) is 3.31. The molecule has 25 heavy (non-hydrogen) atoms. The second-order valence-electron chi connectivity index (χ2n) is 6.99. The Morgan fingerprint density at radius 1 is 1.28 bits per heavy atom. The summed E-state index contributed by atoms with van der Waals surface area (Å²) in [5, 5.41) is 7.14. The summed E-state index contributed by atoms with van der Waals surface area (Å²) in [7, 11) is 0. The van der Waals surface area contributed by atoms with Gasteiger partial charge >= 0.3 is 6.09 Å². The molecule has 0 bridgehead atoms. The van der Waals surface area contributed by atoms with Gasteiger partial charge in [-0.1, -0.05) is 30.3 Å². The Morgan fingerprint density at radius 3 is 2.48 bits per heavy atom. The lowest BCUT2D eigenvalue weighted by molar-refractivity contribution is -0.109. The molecule has 2 aromatic rings. The molecule has 0 aliphatic heterocycles. The van der Waals surface area contributed by atoms with Gasteiger partial charge in [0.05, 0.1) is 12.2 Å². The summed E-state index contributed by atoms with van der Waals surface area (Å²) in [6, 6.07) is 9.15. The van der Waals surface area contributed by atoms with Crippen LogP contribution in [-0.2, 0) is 16.1 Å². The van der Waals surface area contributed by atoms with Crippen LogP contribution in [0.1, 0.15) is 49.3 Å². The number of hydrogen-bond acceptors (Lipinski definition) is 4. The van der Waals surface area contributed by atoms with Crippen LogP contribution in [0.2, 0.25) is 0 Å². The van der Waals surface area contributed by atoms with Crippen LogP contribution in [-0.4, -0.2) is 27.8 Å². The van der Waals surface area contributed by atoms with Crippen molar-refractivity contribution in [3.8, 4) is 0 Å². The summed E-state index contributed by atoms with van der Waals surface area (Å²) in [5.74, 6) is 0. The molecule has 0 radical (unpaired) electrons. The molecule has 1 N–H and O–H groups in total. The Morgan fingerprint density at radius 2 is 1.92 bits per heavy atom. The lowest BCUT2D eigenvalue weighted by Gasteiger charge is -2.21. The van der Waals surface area contributed by atoms with Crippen LogP contribution < -0.4 is 5.32 Å². The van der Waals surface area contributed by atoms with Gasteiger partial charge in [-0.15, -0.1) is 0 Å². The summed E-state index contributed by atoms with van der Waals surface area (Å²) in [4.78, 5) is 23.6. The van der Waals surface area contributed by atoms with Gasteiger partial charge in [-0.3, -0.25) is 4.68 Å². The Balaban J connectivity index is 2.22. The zero-order chi connectivity index (χ0) is 18.6. The number of aromatic nitrogens is 2. The van der Waals surface area contributed by atoms with Crippen molar-refractivity contribution in [2.45, 2.75) is 52.8 Å². The molecule has 1 aromatic heterocycles. The molecule has 0 spiro atoms. The van der Waals surface area contributed by atoms with Crippen molar-refractivity contribution in [3.63, 3.8) is 0 Å². The fourth-order valence-corrected chi connectivity index (χ4v) is 2.68. The zero-order valence-electron chi connectivity index (χ0n) is 15.4. The van der Waals surface area contributed by atoms with Gasteiger partial charge in [0.1, 0.15) is 17.9 Å². The highest BCUT2D eigenvalue weighted by Crippen LogP contribution is 2.22. The van der Waals surface area contributed by atoms with E-state index in [9.17, 15) is 9.59 Å². The van der Waals surface area contributed by atoms with Crippen LogP contribution in [0.5, 0.6) is 0 Å². The number of hydrogen-bond donors (Lipinski definition) is 1. The van der Waals surface area contributed by atoms with Crippen LogP contribution in [0.4, 0.5) is 4.79 Å². The van der Waals surface area contributed by atoms with Gasteiger partial charge in [-0.2, -0.15) is 5.10 Å². The van der Waals surface area contributed by atoms with Gasteiger partial charge in [0.15, 0.2) is 0 Å². The van der Waals surface area contributed by atoms with Crippen LogP contribution in [0, 0.1) is 13.8 Å². The number of ether oxygens (including phenoxy) is 1. The maximum Gasteiger partial charge on any atom is 0.408 e. The number of carbonyl (C=O) groups excluding carboxylic acids is 2. The minimum Gasteiger partial charge on any atom is -0.444 e. The monoisotopic (exact) mass is 343 g/mol. The Labute approximate surface area is 148 Å². The number of amides is 1. The molecule has 6 nitrogen and oxygen atoms in total. The smallest absolute Gasteiger partial charge is 0.408 e. The summed E-state index contributed by atoms with van der Waals surface area (Å²) in [5.41, 5.74) is 2.74. The molecule has 2 rings (SSSR count). The van der Waals surface area contributed by atoms with E-state index in [4.69, 9.17) is 4.74 Å². The minimum atomic E-state index is -0.792. The van der Waals surface area contributed by atoms with Crippen molar-refractivity contribution >= 4 is 12.4 Å². The van der Waals surface area contributed by atoms with Crippen molar-refractivity contribution < 1.29 is 14.3 Å². The first-order chi connectivity index (χ1) is 11.7. The molecule has 1 heterocycles. The molecule has 1 unspecified atom stereocenters. The van der Waals surface area contributed by atoms with Crippen LogP contribution in [0.3, 0.4) is 0 Å². The van der Waals surface area contributed by atoms with E-state index in [1.165, 1.54) is 0 Å². The summed E-state index contributed by atoms with van der Waals surface area (Å²) in [6.45, 7) is 9.65. The van der Waals surface area contributed by atoms with Gasteiger partial charge in [-0.05, 0) is 40.2 Å². The summed E-state index contributed by atoms with van der Waals surface area (Å²) in [6.07, 6.45) is 0.0764. The minimum absolute atomic E-state index is 0.603. The predicted molar refractivity (Wildman–Crippen MR) is 95.4 cm³/mol. The highest BCUT2D eigenvalue weighted by Gasteiger charge is 2.25. The Hall–Kier alpha value is -2.63. The molecule has 0 aliphatic carbocycles. The molecule has 1 amide bonds. The molecular weight excluding hydrogens is 318 g/mol. The second-order valence-corrected chi connectivity index (χ2v) is 6.99. The Bertz CT molecular complexity index is 745. The largest absolute Gasteiger partial charge is 0.444 e. The number of nitrogens with one attached hydrogen (secondary N) is 1. The van der Waals surface area contributed by atoms with E-state index >= 15 is 0 Å². The topological polar surface area (TPSA) is 73.2 Å². The van der Waals surface area contributed by atoms with Crippen molar-refractivity contribution in [3.05, 3.63) is 52.8 Å². The number of benzene rings is 1. The molecule has 0 saturated carbocycles. The number of carbonyl (C=O) groups is 2. The normalized spacial score (nSPS) is 12.5. The average Bonchev–Trinajstić information content (AvgIpc) is 2.78. The number of nitrogens with zero attached hydrogens (tertiary/aromatic N) is 2. The molecule has 0 aliphatic rings. The maximum absolute atomic E-state index is 12.0. The molecule has 1 aromatic carbocycles. The van der Waals surface area contributed by atoms with Gasteiger partial charge < -0.3 is 14.8 Å². The number of rotatable bonds is 5. The van der Waals surface area contributed by atoms with Crippen molar-refractivity contribution in [1.82, 2.24) is 15.1 Å². The van der Waals surface area contributed by atoms with Gasteiger partial charge in [-0.25, -0.2) is 4.79 Å². The third-order valence-electron chi connectivity index (χ3n) is 3.73. The molecule has 6 heteroatoms. The van der Waals surface area contributed by atoms with E-state index in [0.717, 1.165) is 11.3 Å². The number of aldehydes is 1. The first-order valence-corrected chi connectivity index (χ1v) is 8.24. The SMILES string of the molecule is Cc1nn(Cc2ccccc2)c(C)c1C(C=O)NC(=O)OC(C)(C)C. The Kier molecular flexibility index (Phi) is 5.62. The zero-order valence-corrected chi connectivity index (χ0v) is 15.4. The lowest BCUT2D eigenvalue weighted by atomic mass is 10.1. The van der Waals surface area contributed by atoms with E-state index in [0.29, 0.717) is 24.1 Å². The van der Waals surface area contributed by atoms with Gasteiger partial charge in [0.25, 0.3) is 0 Å². The van der Waals surface area contributed by atoms with Crippen molar-refractivity contribution in [2.75, 3.05) is 0 Å². The van der Waals surface area contributed by atoms with Crippen molar-refractivity contribution in [1.29, 1.82) is 0 Å². The second kappa shape index (κ2) is 7.51. The number of alkyl carbamates (subject to hydrolysis) is 1. The molecular formula is C19H25N3O3. The first-order valence-electron chi connectivity index (χ1n) is 8.24. The number of aryl methyl sites for hydroxylation is 1. The van der Waals surface area contributed by atoms with Crippen LogP contribution >= 0.6 is 0 Å². The van der Waals surface area contributed by atoms with Gasteiger partial charge in [0, 0.05) is 11.3 Å². The first kappa shape index (κ1) is 18.7. The molecule has 0 fully saturated rings. The average molecular weight is 343 g/mol. The van der Waals surface area contributed by atoms with Crippen molar-refractivity contribution in [2.24, 2.45) is 0 Å². The summed E-state index contributed by atoms with van der Waals surface area (Å²) < 4.78 is 7.08. The fraction of sp³-hybridized carbons (Fsp3) is 0.421. The summed E-state index contributed by atoms with van der Waals surface area (Å²) >= 11 is 0. The highest BCUT2D eigenvalue weighted by molar-refractivity contribution is 5.75.